The van der Waals surface area contributed by atoms with E-state index in [0.717, 1.165) is 0 Å². The molecule has 3 heteroatoms. The minimum atomic E-state index is 0. The second kappa shape index (κ2) is 33.2. The third kappa shape index (κ3) is 11.4. The third-order valence-corrected chi connectivity index (χ3v) is 0. The first-order valence-corrected chi connectivity index (χ1v) is 0. The summed E-state index contributed by atoms with van der Waals surface area (Å²) in [6.07, 6.45) is 0. The molecule has 0 saturated heterocycles. The van der Waals surface area contributed by atoms with Crippen LogP contribution in [0.1, 0.15) is 7.43 Å². The van der Waals surface area contributed by atoms with Crippen LogP contribution in [-0.4, -0.2) is 0 Å². The van der Waals surface area contributed by atoms with E-state index in [9.17, 15) is 0 Å². The summed E-state index contributed by atoms with van der Waals surface area (Å²) >= 11 is 0. The average molecular weight is 163 g/mol. The zero-order valence-corrected chi connectivity index (χ0v) is 5.24. The normalized spacial score (nSPS) is 0. The van der Waals surface area contributed by atoms with Crippen molar-refractivity contribution < 1.29 is 21.1 Å². The minimum absolute atomic E-state index is 0. The van der Waals surface area contributed by atoms with Gasteiger partial charge in [0.25, 0.3) is 0 Å². The Morgan fingerprint density at radius 1 is 1.00 bits per heavy atom. The molecule has 0 spiro atoms. The molecule has 0 rings (SSSR count). The maximum absolute atomic E-state index is 0. The van der Waals surface area contributed by atoms with E-state index in [1.165, 1.54) is 0 Å². The molecule has 0 aromatic carbocycles. The maximum atomic E-state index is 0. The largest absolute Gasteiger partial charge is 0.344 e. The van der Waals surface area contributed by atoms with Gasteiger partial charge in [-0.25, -0.2) is 0 Å². The van der Waals surface area contributed by atoms with Crippen LogP contribution in [0.3, 0.4) is 0 Å². The first-order chi connectivity index (χ1) is 0. The van der Waals surface area contributed by atoms with Crippen molar-refractivity contribution in [1.82, 2.24) is 6.15 Å². The molecule has 0 heterocycles. The van der Waals surface area contributed by atoms with Gasteiger partial charge in [0.2, 0.25) is 0 Å². The van der Waals surface area contributed by atoms with Crippen molar-refractivity contribution in [3.05, 3.63) is 0 Å². The van der Waals surface area contributed by atoms with E-state index in [1.807, 2.05) is 0 Å². The van der Waals surface area contributed by atoms with Gasteiger partial charge in [0.05, 0.1) is 0 Å². The van der Waals surface area contributed by atoms with E-state index in [0.29, 0.717) is 0 Å². The molecular weight excluding hydrogens is 153 g/mol. The standard InChI is InChI=1S/CH4.Mo.H3N.H3P/h1H4;;2*1H3. The Bertz CT molecular complexity index is 8.00. The molecule has 0 aliphatic rings. The van der Waals surface area contributed by atoms with E-state index in [2.05, 4.69) is 0 Å². The van der Waals surface area contributed by atoms with Gasteiger partial charge in [-0.05, 0) is 0 Å². The Kier molecular flexibility index (Phi) is 604. The Balaban J connectivity index is 0. The number of rotatable bonds is 0. The zero-order chi connectivity index (χ0) is 0. The summed E-state index contributed by atoms with van der Waals surface area (Å²) in [6, 6.07) is 0. The molecule has 0 aliphatic heterocycles. The Hall–Kier alpha value is 1.08. The van der Waals surface area contributed by atoms with Crippen LogP contribution in [0.4, 0.5) is 0 Å². The smallest absolute Gasteiger partial charge is 0 e. The van der Waals surface area contributed by atoms with Crippen LogP contribution >= 0.6 is 9.90 Å². The van der Waals surface area contributed by atoms with Crippen molar-refractivity contribution in [2.75, 3.05) is 0 Å². The van der Waals surface area contributed by atoms with Crippen molar-refractivity contribution in [2.24, 2.45) is 0 Å². The maximum Gasteiger partial charge on any atom is 0 e. The van der Waals surface area contributed by atoms with Crippen LogP contribution < -0.4 is 6.15 Å². The van der Waals surface area contributed by atoms with Crippen LogP contribution in [0.2, 0.25) is 0 Å². The summed E-state index contributed by atoms with van der Waals surface area (Å²) < 4.78 is 0. The van der Waals surface area contributed by atoms with E-state index in [1.54, 1.807) is 0 Å². The van der Waals surface area contributed by atoms with Gasteiger partial charge in [-0.3, -0.25) is 0 Å². The Morgan fingerprint density at radius 2 is 1.00 bits per heavy atom. The molecule has 1 nitrogen and oxygen atoms in total. The van der Waals surface area contributed by atoms with Gasteiger partial charge in [-0.2, -0.15) is 9.90 Å². The molecule has 1 atom stereocenters. The minimum Gasteiger partial charge on any atom is -0.344 e. The van der Waals surface area contributed by atoms with E-state index < -0.39 is 0 Å². The quantitative estimate of drug-likeness (QED) is 0.417. The second-order valence-electron chi connectivity index (χ2n) is 0. The number of hydrogen-bond donors (Lipinski definition) is 1. The molecule has 0 saturated carbocycles. The summed E-state index contributed by atoms with van der Waals surface area (Å²) in [7, 11) is 0. The number of hydrogen-bond acceptors (Lipinski definition) is 1. The van der Waals surface area contributed by atoms with Crippen LogP contribution in [-0.2, 0) is 21.1 Å². The van der Waals surface area contributed by atoms with E-state index >= 15 is 0 Å². The SMILES string of the molecule is C.N.P.[Mo]. The Morgan fingerprint density at radius 3 is 1.00 bits per heavy atom. The van der Waals surface area contributed by atoms with Gasteiger partial charge in [-0.1, -0.05) is 7.43 Å². The summed E-state index contributed by atoms with van der Waals surface area (Å²) in [5.74, 6) is 0. The van der Waals surface area contributed by atoms with Crippen LogP contribution in [0.15, 0.2) is 0 Å². The van der Waals surface area contributed by atoms with Crippen molar-refractivity contribution in [1.29, 1.82) is 0 Å². The third-order valence-electron chi connectivity index (χ3n) is 0. The van der Waals surface area contributed by atoms with Gasteiger partial charge >= 0.3 is 0 Å². The van der Waals surface area contributed by atoms with Crippen LogP contribution in [0, 0.1) is 0 Å². The summed E-state index contributed by atoms with van der Waals surface area (Å²) in [4.78, 5) is 0. The molecule has 3 N–H and O–H groups in total. The molecule has 30 valence electrons. The average Bonchev–Trinajstić information content (AvgIpc) is 0. The first-order valence-electron chi connectivity index (χ1n) is 0. The predicted octanol–water partition coefficient (Wildman–Crippen LogP) is 0.854. The fraction of sp³-hybridized carbons (Fsp3) is 1.00. The molecule has 0 radical (unpaired) electrons. The molecule has 0 aliphatic carbocycles. The molecule has 0 bridgehead atoms. The van der Waals surface area contributed by atoms with Crippen molar-refractivity contribution in [3.8, 4) is 0 Å². The molecule has 0 aromatic heterocycles. The fourth-order valence-electron chi connectivity index (χ4n) is 0. The molecule has 4 heavy (non-hydrogen) atoms. The molecule has 0 amide bonds. The van der Waals surface area contributed by atoms with Gasteiger partial charge in [0.15, 0.2) is 0 Å². The summed E-state index contributed by atoms with van der Waals surface area (Å²) in [5, 5.41) is 0. The molecule has 0 aromatic rings. The van der Waals surface area contributed by atoms with Crippen molar-refractivity contribution >= 4 is 9.90 Å². The Labute approximate surface area is 45.0 Å². The van der Waals surface area contributed by atoms with Gasteiger partial charge < -0.3 is 6.15 Å². The molecular formula is CH10MoNP. The summed E-state index contributed by atoms with van der Waals surface area (Å²) in [6.45, 7) is 0. The first kappa shape index (κ1) is 72.6. The second-order valence-corrected chi connectivity index (χ2v) is 0. The van der Waals surface area contributed by atoms with Gasteiger partial charge in [0.1, 0.15) is 0 Å². The fourth-order valence-corrected chi connectivity index (χ4v) is 0. The van der Waals surface area contributed by atoms with Crippen LogP contribution in [0.5, 0.6) is 0 Å². The molecule has 1 unspecified atom stereocenters. The van der Waals surface area contributed by atoms with Crippen LogP contribution in [0.25, 0.3) is 0 Å². The monoisotopic (exact) mass is 165 g/mol. The van der Waals surface area contributed by atoms with Gasteiger partial charge in [-0.15, -0.1) is 0 Å². The predicted molar refractivity (Wildman–Crippen MR) is 22.9 cm³/mol. The van der Waals surface area contributed by atoms with E-state index in [-0.39, 0.29) is 44.5 Å². The topological polar surface area (TPSA) is 35.0 Å². The van der Waals surface area contributed by atoms with Crippen molar-refractivity contribution in [2.45, 2.75) is 7.43 Å². The molecule has 0 fully saturated rings. The van der Waals surface area contributed by atoms with E-state index in [4.69, 9.17) is 0 Å². The van der Waals surface area contributed by atoms with Gasteiger partial charge in [0, 0.05) is 21.1 Å². The summed E-state index contributed by atoms with van der Waals surface area (Å²) in [5.41, 5.74) is 0. The van der Waals surface area contributed by atoms with Crippen molar-refractivity contribution in [3.63, 3.8) is 0 Å². The zero-order valence-electron chi connectivity index (χ0n) is 1.82.